The van der Waals surface area contributed by atoms with E-state index in [1.54, 1.807) is 0 Å². The Hall–Kier alpha value is 0.519. The summed E-state index contributed by atoms with van der Waals surface area (Å²) < 4.78 is 0. The van der Waals surface area contributed by atoms with Gasteiger partial charge in [0.05, 0.1) is 0 Å². The largest absolute Gasteiger partial charge is 0.0533 e. The van der Waals surface area contributed by atoms with E-state index in [0.29, 0.717) is 0 Å². The first kappa shape index (κ1) is 8.52. The van der Waals surface area contributed by atoms with Crippen LogP contribution in [0.15, 0.2) is 0 Å². The molecule has 0 atom stereocenters. The Labute approximate surface area is 62.5 Å². The van der Waals surface area contributed by atoms with Crippen LogP contribution in [0.4, 0.5) is 0 Å². The maximum Gasteiger partial charge on any atom is 0 e. The fourth-order valence-electron chi connectivity index (χ4n) is 1.24. The Bertz CT molecular complexity index is 24.0. The molecule has 0 saturated heterocycles. The third-order valence-electron chi connectivity index (χ3n) is 1.75. The summed E-state index contributed by atoms with van der Waals surface area (Å²) in [5.74, 6) is 0. The van der Waals surface area contributed by atoms with Crippen LogP contribution >= 0.6 is 0 Å². The van der Waals surface area contributed by atoms with Crippen LogP contribution in [-0.4, -0.2) is 0 Å². The van der Waals surface area contributed by atoms with Gasteiger partial charge in [-0.2, -0.15) is 0 Å². The quantitative estimate of drug-likeness (QED) is 0.371. The second-order valence-electron chi connectivity index (χ2n) is 2.47. The van der Waals surface area contributed by atoms with Crippen LogP contribution in [0.1, 0.15) is 44.9 Å². The van der Waals surface area contributed by atoms with Gasteiger partial charge in [0.15, 0.2) is 0 Å². The predicted molar refractivity (Wildman–Crippen MR) is 32.3 cm³/mol. The third kappa shape index (κ3) is 3.51. The van der Waals surface area contributed by atoms with Gasteiger partial charge in [-0.1, -0.05) is 44.9 Å². The van der Waals surface area contributed by atoms with E-state index in [1.807, 2.05) is 0 Å². The molecule has 50 valence electrons. The van der Waals surface area contributed by atoms with Crippen molar-refractivity contribution in [2.75, 3.05) is 0 Å². The molecule has 0 nitrogen and oxygen atoms in total. The van der Waals surface area contributed by atoms with Crippen LogP contribution in [0.25, 0.3) is 0 Å². The molecule has 0 aliphatic heterocycles. The summed E-state index contributed by atoms with van der Waals surface area (Å²) in [5.41, 5.74) is 0. The van der Waals surface area contributed by atoms with E-state index < -0.39 is 0 Å². The molecular formula is C7H14Fe. The Balaban J connectivity index is 0.000000490. The maximum atomic E-state index is 1.50. The van der Waals surface area contributed by atoms with E-state index in [-0.39, 0.29) is 17.1 Å². The van der Waals surface area contributed by atoms with Crippen molar-refractivity contribution in [1.29, 1.82) is 0 Å². The molecule has 0 aromatic rings. The van der Waals surface area contributed by atoms with E-state index in [4.69, 9.17) is 0 Å². The molecule has 0 radical (unpaired) electrons. The third-order valence-corrected chi connectivity index (χ3v) is 1.75. The molecule has 0 amide bonds. The molecule has 1 aliphatic carbocycles. The second-order valence-corrected chi connectivity index (χ2v) is 2.47. The number of hydrogen-bond donors (Lipinski definition) is 0. The normalized spacial score (nSPS) is 21.0. The van der Waals surface area contributed by atoms with Gasteiger partial charge < -0.3 is 0 Å². The fourth-order valence-corrected chi connectivity index (χ4v) is 1.24. The van der Waals surface area contributed by atoms with Crippen molar-refractivity contribution >= 4 is 0 Å². The summed E-state index contributed by atoms with van der Waals surface area (Å²) in [5, 5.41) is 0. The molecule has 1 heteroatoms. The van der Waals surface area contributed by atoms with Gasteiger partial charge in [-0.25, -0.2) is 0 Å². The van der Waals surface area contributed by atoms with E-state index in [2.05, 4.69) is 0 Å². The number of rotatable bonds is 0. The van der Waals surface area contributed by atoms with Crippen LogP contribution in [0.5, 0.6) is 0 Å². The summed E-state index contributed by atoms with van der Waals surface area (Å²) in [6.07, 6.45) is 10.5. The van der Waals surface area contributed by atoms with Crippen LogP contribution in [0, 0.1) is 0 Å². The first-order chi connectivity index (χ1) is 3.50. The molecule has 0 unspecified atom stereocenters. The van der Waals surface area contributed by atoms with Crippen molar-refractivity contribution < 1.29 is 17.1 Å². The van der Waals surface area contributed by atoms with Crippen LogP contribution < -0.4 is 0 Å². The molecule has 0 bridgehead atoms. The van der Waals surface area contributed by atoms with Crippen molar-refractivity contribution in [1.82, 2.24) is 0 Å². The summed E-state index contributed by atoms with van der Waals surface area (Å²) in [7, 11) is 0. The molecule has 0 heterocycles. The van der Waals surface area contributed by atoms with Gasteiger partial charge in [0.2, 0.25) is 0 Å². The molecule has 8 heavy (non-hydrogen) atoms. The van der Waals surface area contributed by atoms with E-state index in [0.717, 1.165) is 0 Å². The predicted octanol–water partition coefficient (Wildman–Crippen LogP) is 2.73. The topological polar surface area (TPSA) is 0 Å². The molecule has 1 rings (SSSR count). The summed E-state index contributed by atoms with van der Waals surface area (Å²) in [6, 6.07) is 0. The Morgan fingerprint density at radius 1 is 0.375 bits per heavy atom. The van der Waals surface area contributed by atoms with Crippen molar-refractivity contribution in [3.63, 3.8) is 0 Å². The van der Waals surface area contributed by atoms with Crippen LogP contribution in [-0.2, 0) is 17.1 Å². The zero-order valence-corrected chi connectivity index (χ0v) is 6.41. The Morgan fingerprint density at radius 2 is 0.500 bits per heavy atom. The summed E-state index contributed by atoms with van der Waals surface area (Å²) in [4.78, 5) is 0. The first-order valence-corrected chi connectivity index (χ1v) is 3.50. The minimum Gasteiger partial charge on any atom is -0.0533 e. The standard InChI is InChI=1S/C7H14.Fe/c1-2-4-6-7-5-3-1;/h1-7H2;. The monoisotopic (exact) mass is 154 g/mol. The summed E-state index contributed by atoms with van der Waals surface area (Å²) in [6.45, 7) is 0. The van der Waals surface area contributed by atoms with Gasteiger partial charge in [-0.15, -0.1) is 0 Å². The summed E-state index contributed by atoms with van der Waals surface area (Å²) >= 11 is 0. The van der Waals surface area contributed by atoms with Gasteiger partial charge in [0, 0.05) is 17.1 Å². The average Bonchev–Trinajstić information content (AvgIpc) is 1.90. The van der Waals surface area contributed by atoms with Crippen molar-refractivity contribution in [2.45, 2.75) is 44.9 Å². The first-order valence-electron chi connectivity index (χ1n) is 3.50. The van der Waals surface area contributed by atoms with Gasteiger partial charge in [0.1, 0.15) is 0 Å². The molecule has 0 N–H and O–H groups in total. The minimum atomic E-state index is 0. The second kappa shape index (κ2) is 5.65. The molecule has 1 fully saturated rings. The smallest absolute Gasteiger partial charge is 0 e. The molecule has 0 aromatic carbocycles. The van der Waals surface area contributed by atoms with E-state index in [1.165, 1.54) is 44.9 Å². The van der Waals surface area contributed by atoms with Crippen molar-refractivity contribution in [2.24, 2.45) is 0 Å². The molecule has 0 spiro atoms. The number of hydrogen-bond acceptors (Lipinski definition) is 0. The molecular weight excluding hydrogens is 140 g/mol. The van der Waals surface area contributed by atoms with Gasteiger partial charge in [0.25, 0.3) is 0 Å². The SMILES string of the molecule is C1CCCCCC1.[Fe]. The molecule has 0 aromatic heterocycles. The van der Waals surface area contributed by atoms with Crippen molar-refractivity contribution in [3.8, 4) is 0 Å². The molecule has 1 saturated carbocycles. The molecule has 1 aliphatic rings. The van der Waals surface area contributed by atoms with Gasteiger partial charge in [-0.3, -0.25) is 0 Å². The van der Waals surface area contributed by atoms with Gasteiger partial charge in [-0.05, 0) is 0 Å². The van der Waals surface area contributed by atoms with E-state index in [9.17, 15) is 0 Å². The fraction of sp³-hybridized carbons (Fsp3) is 1.00. The maximum absolute atomic E-state index is 1.50. The zero-order chi connectivity index (χ0) is 4.95. The zero-order valence-electron chi connectivity index (χ0n) is 5.30. The van der Waals surface area contributed by atoms with Crippen LogP contribution in [0.2, 0.25) is 0 Å². The minimum absolute atomic E-state index is 0. The Morgan fingerprint density at radius 3 is 0.625 bits per heavy atom. The van der Waals surface area contributed by atoms with Crippen LogP contribution in [0.3, 0.4) is 0 Å². The van der Waals surface area contributed by atoms with Crippen molar-refractivity contribution in [3.05, 3.63) is 0 Å². The Kier molecular flexibility index (Phi) is 6.02. The van der Waals surface area contributed by atoms with Gasteiger partial charge >= 0.3 is 0 Å². The van der Waals surface area contributed by atoms with E-state index >= 15 is 0 Å². The average molecular weight is 154 g/mol.